The first kappa shape index (κ1) is 14.8. The van der Waals surface area contributed by atoms with Crippen molar-refractivity contribution in [3.63, 3.8) is 0 Å². The van der Waals surface area contributed by atoms with Gasteiger partial charge in [0, 0.05) is 41.7 Å². The maximum absolute atomic E-state index is 4.63. The predicted molar refractivity (Wildman–Crippen MR) is 92.9 cm³/mol. The maximum atomic E-state index is 4.63. The van der Waals surface area contributed by atoms with Crippen molar-refractivity contribution in [2.75, 3.05) is 24.5 Å². The number of hydrogen-bond acceptors (Lipinski definition) is 3. The number of benzene rings is 1. The van der Waals surface area contributed by atoms with Crippen molar-refractivity contribution in [3.05, 3.63) is 34.9 Å². The summed E-state index contributed by atoms with van der Waals surface area (Å²) in [7, 11) is 0. The minimum absolute atomic E-state index is 0.574. The smallest absolute Gasteiger partial charge is 0.0936 e. The number of hydrogen-bond donors (Lipinski definition) is 1. The number of halogens is 1. The summed E-state index contributed by atoms with van der Waals surface area (Å²) in [5.41, 5.74) is 2.36. The molecule has 1 N–H and O–H groups in total. The van der Waals surface area contributed by atoms with Gasteiger partial charge in [0.1, 0.15) is 0 Å². The lowest BCUT2D eigenvalue weighted by Crippen LogP contribution is -2.51. The Kier molecular flexibility index (Phi) is 4.45. The molecule has 1 saturated heterocycles. The molecule has 2 aromatic rings. The Morgan fingerprint density at radius 3 is 3.10 bits per heavy atom. The van der Waals surface area contributed by atoms with E-state index in [2.05, 4.69) is 69.2 Å². The van der Waals surface area contributed by atoms with Crippen LogP contribution in [-0.4, -0.2) is 30.7 Å². The summed E-state index contributed by atoms with van der Waals surface area (Å²) in [5.74, 6) is 0.726. The van der Waals surface area contributed by atoms with E-state index in [0.717, 1.165) is 35.5 Å². The zero-order chi connectivity index (χ0) is 14.8. The second-order valence-corrected chi connectivity index (χ2v) is 7.14. The van der Waals surface area contributed by atoms with Crippen molar-refractivity contribution in [2.45, 2.75) is 26.3 Å². The first-order valence-corrected chi connectivity index (χ1v) is 8.45. The second kappa shape index (κ2) is 6.32. The van der Waals surface area contributed by atoms with Gasteiger partial charge in [-0.3, -0.25) is 4.98 Å². The van der Waals surface area contributed by atoms with E-state index in [1.807, 2.05) is 6.20 Å². The average molecular weight is 348 g/mol. The van der Waals surface area contributed by atoms with Crippen LogP contribution in [-0.2, 0) is 0 Å². The third-order valence-corrected chi connectivity index (χ3v) is 4.44. The van der Waals surface area contributed by atoms with Gasteiger partial charge < -0.3 is 10.2 Å². The van der Waals surface area contributed by atoms with Gasteiger partial charge in [0.2, 0.25) is 0 Å². The van der Waals surface area contributed by atoms with Gasteiger partial charge in [-0.1, -0.05) is 26.0 Å². The number of anilines is 1. The Labute approximate surface area is 134 Å². The number of aromatic nitrogens is 1. The maximum Gasteiger partial charge on any atom is 0.0936 e. The zero-order valence-corrected chi connectivity index (χ0v) is 14.2. The minimum Gasteiger partial charge on any atom is -0.367 e. The van der Waals surface area contributed by atoms with Gasteiger partial charge in [0.15, 0.2) is 0 Å². The van der Waals surface area contributed by atoms with Crippen molar-refractivity contribution >= 4 is 32.5 Å². The quantitative estimate of drug-likeness (QED) is 0.914. The molecule has 3 nitrogen and oxygen atoms in total. The van der Waals surface area contributed by atoms with Gasteiger partial charge in [-0.2, -0.15) is 0 Å². The number of nitrogens with zero attached hydrogens (tertiary/aromatic N) is 2. The molecule has 1 atom stereocenters. The van der Waals surface area contributed by atoms with Crippen LogP contribution >= 0.6 is 15.9 Å². The van der Waals surface area contributed by atoms with Crippen LogP contribution in [0.25, 0.3) is 10.9 Å². The molecule has 21 heavy (non-hydrogen) atoms. The molecule has 0 radical (unpaired) electrons. The van der Waals surface area contributed by atoms with Crippen LogP contribution in [0.1, 0.15) is 20.3 Å². The molecule has 0 saturated carbocycles. The van der Waals surface area contributed by atoms with Crippen molar-refractivity contribution in [1.29, 1.82) is 0 Å². The van der Waals surface area contributed by atoms with E-state index in [1.165, 1.54) is 17.5 Å². The fourth-order valence-electron chi connectivity index (χ4n) is 3.14. The van der Waals surface area contributed by atoms with Crippen molar-refractivity contribution in [1.82, 2.24) is 10.3 Å². The highest BCUT2D eigenvalue weighted by molar-refractivity contribution is 9.10. The molecule has 0 bridgehead atoms. The number of pyridine rings is 1. The molecule has 1 aliphatic heterocycles. The van der Waals surface area contributed by atoms with E-state index >= 15 is 0 Å². The van der Waals surface area contributed by atoms with E-state index in [1.54, 1.807) is 0 Å². The van der Waals surface area contributed by atoms with Crippen LogP contribution in [0.4, 0.5) is 5.69 Å². The van der Waals surface area contributed by atoms with Gasteiger partial charge in [-0.25, -0.2) is 0 Å². The van der Waals surface area contributed by atoms with Crippen molar-refractivity contribution < 1.29 is 0 Å². The summed E-state index contributed by atoms with van der Waals surface area (Å²) in [6.45, 7) is 7.74. The monoisotopic (exact) mass is 347 g/mol. The topological polar surface area (TPSA) is 28.2 Å². The molecule has 2 heterocycles. The highest BCUT2D eigenvalue weighted by Gasteiger charge is 2.21. The molecule has 1 aliphatic rings. The van der Waals surface area contributed by atoms with Crippen LogP contribution < -0.4 is 10.2 Å². The number of piperazine rings is 1. The fourth-order valence-corrected chi connectivity index (χ4v) is 3.49. The third kappa shape index (κ3) is 3.38. The summed E-state index contributed by atoms with van der Waals surface area (Å²) in [5, 5.41) is 4.83. The van der Waals surface area contributed by atoms with E-state index in [4.69, 9.17) is 0 Å². The first-order chi connectivity index (χ1) is 10.1. The molecular weight excluding hydrogens is 326 g/mol. The molecule has 112 valence electrons. The van der Waals surface area contributed by atoms with E-state index in [-0.39, 0.29) is 0 Å². The normalized spacial score (nSPS) is 19.4. The van der Waals surface area contributed by atoms with E-state index in [9.17, 15) is 0 Å². The van der Waals surface area contributed by atoms with Gasteiger partial charge >= 0.3 is 0 Å². The summed E-state index contributed by atoms with van der Waals surface area (Å²) < 4.78 is 1.03. The summed E-state index contributed by atoms with van der Waals surface area (Å²) in [6.07, 6.45) is 3.11. The highest BCUT2D eigenvalue weighted by Crippen LogP contribution is 2.28. The third-order valence-electron chi connectivity index (χ3n) is 4.01. The lowest BCUT2D eigenvalue weighted by Gasteiger charge is -2.36. The predicted octanol–water partition coefficient (Wildman–Crippen LogP) is 3.82. The lowest BCUT2D eigenvalue weighted by atomic mass is 10.0. The molecular formula is C17H22BrN3. The Balaban J connectivity index is 1.89. The van der Waals surface area contributed by atoms with Crippen LogP contribution in [0, 0.1) is 5.92 Å². The molecule has 0 aliphatic carbocycles. The molecule has 1 fully saturated rings. The van der Waals surface area contributed by atoms with Crippen LogP contribution in [0.5, 0.6) is 0 Å². The first-order valence-electron chi connectivity index (χ1n) is 7.66. The van der Waals surface area contributed by atoms with Crippen LogP contribution in [0.2, 0.25) is 0 Å². The minimum atomic E-state index is 0.574. The Hall–Kier alpha value is -1.13. The SMILES string of the molecule is CC(C)CC1CN(c2cccc3cc(Br)cnc23)CCN1. The van der Waals surface area contributed by atoms with Gasteiger partial charge in [0.25, 0.3) is 0 Å². The molecule has 4 heteroatoms. The standard InChI is InChI=1S/C17H22BrN3/c1-12(2)8-15-11-21(7-6-19-15)16-5-3-4-13-9-14(18)10-20-17(13)16/h3-5,9-10,12,15,19H,6-8,11H2,1-2H3. The van der Waals surface area contributed by atoms with Crippen molar-refractivity contribution in [3.8, 4) is 0 Å². The molecule has 1 unspecified atom stereocenters. The lowest BCUT2D eigenvalue weighted by molar-refractivity contribution is 0.388. The average Bonchev–Trinajstić information content (AvgIpc) is 2.46. The Morgan fingerprint density at radius 1 is 1.43 bits per heavy atom. The molecule has 1 aromatic carbocycles. The Morgan fingerprint density at radius 2 is 2.29 bits per heavy atom. The van der Waals surface area contributed by atoms with Crippen molar-refractivity contribution in [2.24, 2.45) is 5.92 Å². The summed E-state index contributed by atoms with van der Waals surface area (Å²) in [6, 6.07) is 9.17. The van der Waals surface area contributed by atoms with Gasteiger partial charge in [-0.15, -0.1) is 0 Å². The molecule has 3 rings (SSSR count). The summed E-state index contributed by atoms with van der Waals surface area (Å²) in [4.78, 5) is 7.11. The number of nitrogens with one attached hydrogen (secondary N) is 1. The van der Waals surface area contributed by atoms with Gasteiger partial charge in [0.05, 0.1) is 11.2 Å². The van der Waals surface area contributed by atoms with Crippen LogP contribution in [0.15, 0.2) is 34.9 Å². The van der Waals surface area contributed by atoms with E-state index in [0.29, 0.717) is 6.04 Å². The second-order valence-electron chi connectivity index (χ2n) is 6.23. The number of para-hydroxylation sites is 1. The Bertz CT molecular complexity index is 626. The highest BCUT2D eigenvalue weighted by atomic mass is 79.9. The molecule has 0 spiro atoms. The van der Waals surface area contributed by atoms with Gasteiger partial charge in [-0.05, 0) is 40.4 Å². The number of rotatable bonds is 3. The zero-order valence-electron chi connectivity index (χ0n) is 12.6. The fraction of sp³-hybridized carbons (Fsp3) is 0.471. The molecule has 0 amide bonds. The largest absolute Gasteiger partial charge is 0.367 e. The summed E-state index contributed by atoms with van der Waals surface area (Å²) >= 11 is 3.50. The van der Waals surface area contributed by atoms with Crippen LogP contribution in [0.3, 0.4) is 0 Å². The molecule has 1 aromatic heterocycles. The van der Waals surface area contributed by atoms with E-state index < -0.39 is 0 Å². The number of fused-ring (bicyclic) bond motifs is 1.